The molecule has 1 aliphatic rings. The van der Waals surface area contributed by atoms with Gasteiger partial charge in [-0.25, -0.2) is 18.1 Å². The number of nitrogens with zero attached hydrogens (tertiary/aromatic N) is 5. The van der Waals surface area contributed by atoms with Crippen molar-refractivity contribution in [1.29, 1.82) is 0 Å². The van der Waals surface area contributed by atoms with Gasteiger partial charge in [-0.15, -0.1) is 0 Å². The van der Waals surface area contributed by atoms with Gasteiger partial charge in [0.25, 0.3) is 0 Å². The molecule has 1 saturated heterocycles. The van der Waals surface area contributed by atoms with E-state index in [0.29, 0.717) is 25.2 Å². The predicted molar refractivity (Wildman–Crippen MR) is 108 cm³/mol. The molecule has 2 aromatic heterocycles. The molecule has 1 atom stereocenters. The molecule has 4 rings (SSSR count). The van der Waals surface area contributed by atoms with E-state index in [0.717, 1.165) is 21.4 Å². The van der Waals surface area contributed by atoms with Gasteiger partial charge in [0.2, 0.25) is 0 Å². The van der Waals surface area contributed by atoms with Crippen LogP contribution in [0.3, 0.4) is 0 Å². The summed E-state index contributed by atoms with van der Waals surface area (Å²) in [7, 11) is -3.04. The normalized spacial score (nSPS) is 18.6. The van der Waals surface area contributed by atoms with Crippen LogP contribution in [0.5, 0.6) is 0 Å². The van der Waals surface area contributed by atoms with Crippen LogP contribution in [0, 0.1) is 0 Å². The summed E-state index contributed by atoms with van der Waals surface area (Å²) in [5.41, 5.74) is 1.79. The van der Waals surface area contributed by atoms with Crippen LogP contribution in [0.4, 0.5) is 0 Å². The van der Waals surface area contributed by atoms with E-state index in [1.165, 1.54) is 0 Å². The first kappa shape index (κ1) is 19.3. The summed E-state index contributed by atoms with van der Waals surface area (Å²) in [4.78, 5) is 4.70. The van der Waals surface area contributed by atoms with Crippen molar-refractivity contribution in [2.24, 2.45) is 0 Å². The highest BCUT2D eigenvalue weighted by Crippen LogP contribution is 2.28. The van der Waals surface area contributed by atoms with E-state index in [4.69, 9.17) is 10.1 Å². The molecule has 1 fully saturated rings. The minimum Gasteiger partial charge on any atom is -0.394 e. The lowest BCUT2D eigenvalue weighted by molar-refractivity contribution is 0.269. The number of sulfone groups is 1. The molecule has 3 aromatic rings. The molecule has 28 heavy (non-hydrogen) atoms. The van der Waals surface area contributed by atoms with Crippen molar-refractivity contribution in [3.63, 3.8) is 0 Å². The van der Waals surface area contributed by atoms with Gasteiger partial charge in [-0.2, -0.15) is 10.2 Å². The maximum Gasteiger partial charge on any atom is 0.184 e. The molecule has 10 heteroatoms. The van der Waals surface area contributed by atoms with Crippen molar-refractivity contribution in [1.82, 2.24) is 24.5 Å². The minimum atomic E-state index is -3.04. The Kier molecular flexibility index (Phi) is 5.35. The smallest absolute Gasteiger partial charge is 0.184 e. The SMILES string of the molecule is O=S1(=O)CCC(n2nc(-c3cnn(CCO)c3)nc2Cc2ccccc2Br)C1. The highest BCUT2D eigenvalue weighted by molar-refractivity contribution is 9.10. The van der Waals surface area contributed by atoms with Crippen LogP contribution in [0.1, 0.15) is 23.9 Å². The fourth-order valence-electron chi connectivity index (χ4n) is 3.37. The highest BCUT2D eigenvalue weighted by Gasteiger charge is 2.32. The van der Waals surface area contributed by atoms with E-state index in [9.17, 15) is 8.42 Å². The molecule has 1 N–H and O–H groups in total. The van der Waals surface area contributed by atoms with Gasteiger partial charge in [-0.1, -0.05) is 34.1 Å². The van der Waals surface area contributed by atoms with Gasteiger partial charge in [0.15, 0.2) is 15.7 Å². The monoisotopic (exact) mass is 465 g/mol. The zero-order chi connectivity index (χ0) is 19.7. The maximum atomic E-state index is 12.0. The third kappa shape index (κ3) is 4.03. The molecule has 1 aliphatic heterocycles. The Labute approximate surface area is 171 Å². The van der Waals surface area contributed by atoms with Crippen molar-refractivity contribution < 1.29 is 13.5 Å². The van der Waals surface area contributed by atoms with Crippen LogP contribution >= 0.6 is 15.9 Å². The summed E-state index contributed by atoms with van der Waals surface area (Å²) in [6.07, 6.45) is 4.51. The Hall–Kier alpha value is -2.04. The Bertz CT molecular complexity index is 1090. The van der Waals surface area contributed by atoms with Crippen LogP contribution in [0.2, 0.25) is 0 Å². The molecule has 1 aromatic carbocycles. The number of aromatic nitrogens is 5. The first-order valence-electron chi connectivity index (χ1n) is 8.98. The van der Waals surface area contributed by atoms with E-state index in [1.54, 1.807) is 21.8 Å². The number of rotatable bonds is 6. The molecule has 0 amide bonds. The second kappa shape index (κ2) is 7.76. The average molecular weight is 466 g/mol. The quantitative estimate of drug-likeness (QED) is 0.595. The Morgan fingerprint density at radius 1 is 1.29 bits per heavy atom. The van der Waals surface area contributed by atoms with E-state index < -0.39 is 9.84 Å². The lowest BCUT2D eigenvalue weighted by Gasteiger charge is -2.12. The molecule has 0 bridgehead atoms. The van der Waals surface area contributed by atoms with E-state index >= 15 is 0 Å². The van der Waals surface area contributed by atoms with Crippen molar-refractivity contribution in [3.05, 3.63) is 52.5 Å². The number of halogens is 1. The van der Waals surface area contributed by atoms with Crippen molar-refractivity contribution in [2.75, 3.05) is 18.1 Å². The summed E-state index contributed by atoms with van der Waals surface area (Å²) in [5.74, 6) is 1.49. The molecular weight excluding hydrogens is 446 g/mol. The molecular formula is C18H20BrN5O3S. The summed E-state index contributed by atoms with van der Waals surface area (Å²) in [6.45, 7) is 0.390. The van der Waals surface area contributed by atoms with Gasteiger partial charge in [-0.3, -0.25) is 4.68 Å². The standard InChI is InChI=1S/C18H20BrN5O3S/c19-16-4-2-1-3-13(16)9-17-21-18(14-10-20-23(11-14)6-7-25)22-24(17)15-5-8-28(26,27)12-15/h1-4,10-11,15,25H,5-9,12H2. The number of benzene rings is 1. The fraction of sp³-hybridized carbons (Fsp3) is 0.389. The zero-order valence-corrected chi connectivity index (χ0v) is 17.5. The van der Waals surface area contributed by atoms with Gasteiger partial charge in [-0.05, 0) is 18.1 Å². The van der Waals surface area contributed by atoms with Crippen LogP contribution in [0.25, 0.3) is 11.4 Å². The summed E-state index contributed by atoms with van der Waals surface area (Å²) in [6, 6.07) is 7.67. The summed E-state index contributed by atoms with van der Waals surface area (Å²) >= 11 is 3.56. The molecule has 3 heterocycles. The predicted octanol–water partition coefficient (Wildman–Crippen LogP) is 1.85. The van der Waals surface area contributed by atoms with E-state index in [-0.39, 0.29) is 24.2 Å². The van der Waals surface area contributed by atoms with Crippen LogP contribution in [-0.2, 0) is 22.8 Å². The molecule has 8 nitrogen and oxygen atoms in total. The Balaban J connectivity index is 1.72. The Morgan fingerprint density at radius 2 is 2.11 bits per heavy atom. The molecule has 148 valence electrons. The second-order valence-corrected chi connectivity index (χ2v) is 9.92. The van der Waals surface area contributed by atoms with Gasteiger partial charge in [0.05, 0.1) is 42.5 Å². The highest BCUT2D eigenvalue weighted by atomic mass is 79.9. The van der Waals surface area contributed by atoms with Gasteiger partial charge in [0, 0.05) is 17.1 Å². The van der Waals surface area contributed by atoms with Crippen molar-refractivity contribution in [3.8, 4) is 11.4 Å². The van der Waals surface area contributed by atoms with Crippen molar-refractivity contribution >= 4 is 25.8 Å². The zero-order valence-electron chi connectivity index (χ0n) is 15.1. The average Bonchev–Trinajstić information content (AvgIpc) is 3.36. The molecule has 0 saturated carbocycles. The van der Waals surface area contributed by atoms with Gasteiger partial charge >= 0.3 is 0 Å². The third-order valence-corrected chi connectivity index (χ3v) is 7.31. The number of aliphatic hydroxyl groups excluding tert-OH is 1. The number of hydrogen-bond donors (Lipinski definition) is 1. The Morgan fingerprint density at radius 3 is 2.82 bits per heavy atom. The number of aliphatic hydroxyl groups is 1. The first-order chi connectivity index (χ1) is 13.4. The maximum absolute atomic E-state index is 12.0. The lowest BCUT2D eigenvalue weighted by Crippen LogP contribution is -2.16. The molecule has 0 radical (unpaired) electrons. The van der Waals surface area contributed by atoms with Gasteiger partial charge < -0.3 is 5.11 Å². The van der Waals surface area contributed by atoms with E-state index in [2.05, 4.69) is 26.1 Å². The first-order valence-corrected chi connectivity index (χ1v) is 11.6. The molecule has 1 unspecified atom stereocenters. The summed E-state index contributed by atoms with van der Waals surface area (Å²) in [5, 5.41) is 17.9. The summed E-state index contributed by atoms with van der Waals surface area (Å²) < 4.78 is 28.3. The minimum absolute atomic E-state index is 0.00376. The largest absolute Gasteiger partial charge is 0.394 e. The fourth-order valence-corrected chi connectivity index (χ4v) is 5.49. The second-order valence-electron chi connectivity index (χ2n) is 6.84. The molecule has 0 aliphatic carbocycles. The van der Waals surface area contributed by atoms with E-state index in [1.807, 2.05) is 24.3 Å². The van der Waals surface area contributed by atoms with Crippen LogP contribution in [0.15, 0.2) is 41.1 Å². The number of hydrogen-bond acceptors (Lipinski definition) is 6. The molecule has 0 spiro atoms. The third-order valence-electron chi connectivity index (χ3n) is 4.78. The van der Waals surface area contributed by atoms with Gasteiger partial charge in [0.1, 0.15) is 5.82 Å². The topological polar surface area (TPSA) is 103 Å². The lowest BCUT2D eigenvalue weighted by atomic mass is 10.1. The van der Waals surface area contributed by atoms with Crippen molar-refractivity contribution in [2.45, 2.75) is 25.4 Å². The van der Waals surface area contributed by atoms with Crippen LogP contribution in [-0.4, -0.2) is 56.2 Å². The van der Waals surface area contributed by atoms with Crippen LogP contribution < -0.4 is 0 Å².